The Balaban J connectivity index is 1.94. The van der Waals surface area contributed by atoms with Gasteiger partial charge in [-0.3, -0.25) is 0 Å². The lowest BCUT2D eigenvalue weighted by Crippen LogP contribution is -2.37. The summed E-state index contributed by atoms with van der Waals surface area (Å²) in [6.07, 6.45) is 6.43. The molecule has 0 radical (unpaired) electrons. The zero-order valence-corrected chi connectivity index (χ0v) is 12.0. The van der Waals surface area contributed by atoms with Gasteiger partial charge in [-0.05, 0) is 19.4 Å². The first kappa shape index (κ1) is 14.5. The Morgan fingerprint density at radius 1 is 1.26 bits per heavy atom. The second-order valence-corrected chi connectivity index (χ2v) is 5.10. The molecule has 1 fully saturated rings. The number of rotatable bonds is 7. The number of hydrogen-bond acceptors (Lipinski definition) is 4. The van der Waals surface area contributed by atoms with Crippen LogP contribution >= 0.6 is 0 Å². The summed E-state index contributed by atoms with van der Waals surface area (Å²) in [6.45, 7) is 5.73. The van der Waals surface area contributed by atoms with E-state index in [2.05, 4.69) is 20.6 Å². The van der Waals surface area contributed by atoms with Crippen LogP contribution in [0, 0.1) is 0 Å². The number of likely N-dealkylation sites (tertiary alicyclic amines) is 1. The second-order valence-electron chi connectivity index (χ2n) is 5.10. The first-order valence-electron chi connectivity index (χ1n) is 7.06. The number of methoxy groups -OCH3 is 2. The third-order valence-corrected chi connectivity index (χ3v) is 3.77. The number of imidazole rings is 1. The van der Waals surface area contributed by atoms with E-state index in [4.69, 9.17) is 9.47 Å². The van der Waals surface area contributed by atoms with Crippen LogP contribution in [-0.4, -0.2) is 61.5 Å². The van der Waals surface area contributed by atoms with Crippen LogP contribution in [0.15, 0.2) is 12.4 Å². The molecule has 0 spiro atoms. The number of aromatic nitrogens is 2. The van der Waals surface area contributed by atoms with Crippen molar-refractivity contribution in [3.63, 3.8) is 0 Å². The molecular weight excluding hydrogens is 242 g/mol. The molecule has 1 aliphatic rings. The van der Waals surface area contributed by atoms with Gasteiger partial charge in [0.2, 0.25) is 0 Å². The monoisotopic (exact) mass is 267 g/mol. The van der Waals surface area contributed by atoms with Crippen LogP contribution < -0.4 is 0 Å². The van der Waals surface area contributed by atoms with Crippen molar-refractivity contribution < 1.29 is 9.47 Å². The summed E-state index contributed by atoms with van der Waals surface area (Å²) in [7, 11) is 3.50. The zero-order valence-electron chi connectivity index (χ0n) is 12.0. The zero-order chi connectivity index (χ0) is 13.5. The standard InChI is InChI=1S/C14H25N3O2/c1-18-10-8-16-6-3-4-13(12-16)14-15-5-7-17(14)9-11-19-2/h5,7,13H,3-4,6,8-12H2,1-2H3. The van der Waals surface area contributed by atoms with Crippen LogP contribution in [0.2, 0.25) is 0 Å². The van der Waals surface area contributed by atoms with E-state index in [1.165, 1.54) is 25.2 Å². The van der Waals surface area contributed by atoms with Crippen LogP contribution in [0.4, 0.5) is 0 Å². The minimum absolute atomic E-state index is 0.539. The molecule has 5 nitrogen and oxygen atoms in total. The molecule has 0 saturated carbocycles. The van der Waals surface area contributed by atoms with E-state index in [1.54, 1.807) is 14.2 Å². The lowest BCUT2D eigenvalue weighted by molar-refractivity contribution is 0.126. The number of nitrogens with zero attached hydrogens (tertiary/aromatic N) is 3. The highest BCUT2D eigenvalue weighted by molar-refractivity contribution is 5.03. The summed E-state index contributed by atoms with van der Waals surface area (Å²) in [5, 5.41) is 0. The molecule has 1 aromatic heterocycles. The molecule has 0 N–H and O–H groups in total. The highest BCUT2D eigenvalue weighted by Gasteiger charge is 2.24. The fraction of sp³-hybridized carbons (Fsp3) is 0.786. The maximum atomic E-state index is 5.17. The van der Waals surface area contributed by atoms with Gasteiger partial charge in [0.05, 0.1) is 13.2 Å². The SMILES string of the molecule is COCCN1CCCC(c2nccn2CCOC)C1. The number of piperidine rings is 1. The third kappa shape index (κ3) is 4.03. The minimum Gasteiger partial charge on any atom is -0.383 e. The molecule has 19 heavy (non-hydrogen) atoms. The van der Waals surface area contributed by atoms with Gasteiger partial charge in [-0.25, -0.2) is 4.98 Å². The van der Waals surface area contributed by atoms with Gasteiger partial charge in [0.15, 0.2) is 0 Å². The van der Waals surface area contributed by atoms with E-state index in [9.17, 15) is 0 Å². The molecule has 5 heteroatoms. The highest BCUT2D eigenvalue weighted by atomic mass is 16.5. The molecule has 0 amide bonds. The number of ether oxygens (including phenoxy) is 2. The topological polar surface area (TPSA) is 39.5 Å². The van der Waals surface area contributed by atoms with E-state index in [0.717, 1.165) is 32.8 Å². The van der Waals surface area contributed by atoms with Crippen LogP contribution in [-0.2, 0) is 16.0 Å². The Morgan fingerprint density at radius 2 is 2.05 bits per heavy atom. The van der Waals surface area contributed by atoms with Crippen LogP contribution in [0.3, 0.4) is 0 Å². The normalized spacial score (nSPS) is 20.8. The van der Waals surface area contributed by atoms with E-state index in [-0.39, 0.29) is 0 Å². The summed E-state index contributed by atoms with van der Waals surface area (Å²) >= 11 is 0. The van der Waals surface area contributed by atoms with E-state index < -0.39 is 0 Å². The molecule has 1 aliphatic heterocycles. The fourth-order valence-corrected chi connectivity index (χ4v) is 2.75. The summed E-state index contributed by atoms with van der Waals surface area (Å²) < 4.78 is 12.6. The Bertz CT molecular complexity index is 367. The molecule has 0 aliphatic carbocycles. The Morgan fingerprint density at radius 3 is 2.84 bits per heavy atom. The molecule has 1 unspecified atom stereocenters. The lowest BCUT2D eigenvalue weighted by Gasteiger charge is -2.32. The van der Waals surface area contributed by atoms with Crippen molar-refractivity contribution >= 4 is 0 Å². The molecule has 0 bridgehead atoms. The van der Waals surface area contributed by atoms with Gasteiger partial charge in [-0.15, -0.1) is 0 Å². The molecule has 1 aromatic rings. The predicted octanol–water partition coefficient (Wildman–Crippen LogP) is 1.36. The molecule has 1 saturated heterocycles. The third-order valence-electron chi connectivity index (χ3n) is 3.77. The highest BCUT2D eigenvalue weighted by Crippen LogP contribution is 2.25. The average Bonchev–Trinajstić information content (AvgIpc) is 2.91. The smallest absolute Gasteiger partial charge is 0.113 e. The lowest BCUT2D eigenvalue weighted by atomic mass is 9.97. The summed E-state index contributed by atoms with van der Waals surface area (Å²) in [5.74, 6) is 1.75. The molecule has 2 heterocycles. The minimum atomic E-state index is 0.539. The van der Waals surface area contributed by atoms with Crippen molar-refractivity contribution in [2.75, 3.05) is 47.1 Å². The predicted molar refractivity (Wildman–Crippen MR) is 74.4 cm³/mol. The van der Waals surface area contributed by atoms with Gasteiger partial charge in [0, 0.05) is 52.2 Å². The van der Waals surface area contributed by atoms with Gasteiger partial charge >= 0.3 is 0 Å². The molecule has 0 aromatic carbocycles. The molecule has 108 valence electrons. The van der Waals surface area contributed by atoms with Gasteiger partial charge in [0.25, 0.3) is 0 Å². The first-order valence-corrected chi connectivity index (χ1v) is 7.06. The molecule has 1 atom stereocenters. The first-order chi connectivity index (χ1) is 9.35. The average molecular weight is 267 g/mol. The van der Waals surface area contributed by atoms with Crippen molar-refractivity contribution in [3.05, 3.63) is 18.2 Å². The second kappa shape index (κ2) is 7.62. The summed E-state index contributed by atoms with van der Waals surface area (Å²) in [6, 6.07) is 0. The quantitative estimate of drug-likeness (QED) is 0.748. The Kier molecular flexibility index (Phi) is 5.82. The van der Waals surface area contributed by atoms with Gasteiger partial charge < -0.3 is 18.9 Å². The summed E-state index contributed by atoms with van der Waals surface area (Å²) in [4.78, 5) is 7.04. The van der Waals surface area contributed by atoms with Crippen molar-refractivity contribution in [2.24, 2.45) is 0 Å². The Labute approximate surface area is 115 Å². The van der Waals surface area contributed by atoms with E-state index in [1.807, 2.05) is 6.20 Å². The van der Waals surface area contributed by atoms with Crippen molar-refractivity contribution in [1.82, 2.24) is 14.5 Å². The molecule has 2 rings (SSSR count). The van der Waals surface area contributed by atoms with E-state index in [0.29, 0.717) is 5.92 Å². The van der Waals surface area contributed by atoms with Crippen molar-refractivity contribution in [1.29, 1.82) is 0 Å². The maximum absolute atomic E-state index is 5.17. The van der Waals surface area contributed by atoms with Crippen molar-refractivity contribution in [3.8, 4) is 0 Å². The van der Waals surface area contributed by atoms with E-state index >= 15 is 0 Å². The van der Waals surface area contributed by atoms with Crippen LogP contribution in [0.1, 0.15) is 24.6 Å². The largest absolute Gasteiger partial charge is 0.383 e. The fourth-order valence-electron chi connectivity index (χ4n) is 2.75. The Hall–Kier alpha value is -0.910. The molecular formula is C14H25N3O2. The van der Waals surface area contributed by atoms with Gasteiger partial charge in [0.1, 0.15) is 5.82 Å². The van der Waals surface area contributed by atoms with Crippen LogP contribution in [0.25, 0.3) is 0 Å². The van der Waals surface area contributed by atoms with Gasteiger partial charge in [-0.2, -0.15) is 0 Å². The van der Waals surface area contributed by atoms with Gasteiger partial charge in [-0.1, -0.05) is 0 Å². The van der Waals surface area contributed by atoms with Crippen molar-refractivity contribution in [2.45, 2.75) is 25.3 Å². The summed E-state index contributed by atoms with van der Waals surface area (Å²) in [5.41, 5.74) is 0. The van der Waals surface area contributed by atoms with Crippen LogP contribution in [0.5, 0.6) is 0 Å². The maximum Gasteiger partial charge on any atom is 0.113 e. The number of hydrogen-bond donors (Lipinski definition) is 0.